The second-order valence-electron chi connectivity index (χ2n) is 5.35. The molecule has 0 unspecified atom stereocenters. The molecule has 0 bridgehead atoms. The molecule has 0 aliphatic heterocycles. The van der Waals surface area contributed by atoms with E-state index in [0.29, 0.717) is 18.5 Å². The Morgan fingerprint density at radius 1 is 0.783 bits per heavy atom. The fourth-order valence-electron chi connectivity index (χ4n) is 2.23. The molecule has 0 radical (unpaired) electrons. The number of hydrogen-bond acceptors (Lipinski definition) is 2. The first-order valence-corrected chi connectivity index (χ1v) is 7.94. The number of rotatable bonds is 8. The Bertz CT molecular complexity index is 612. The largest absolute Gasteiger partial charge is 0.352 e. The first-order chi connectivity index (χ1) is 11.3. The van der Waals surface area contributed by atoms with Gasteiger partial charge >= 0.3 is 0 Å². The Hall–Kier alpha value is -2.62. The first kappa shape index (κ1) is 16.7. The summed E-state index contributed by atoms with van der Waals surface area (Å²) in [5.41, 5.74) is 1.50. The maximum atomic E-state index is 11.8. The molecule has 2 N–H and O–H groups in total. The highest BCUT2D eigenvalue weighted by Gasteiger charge is 2.04. The summed E-state index contributed by atoms with van der Waals surface area (Å²) in [6, 6.07) is 18.6. The Balaban J connectivity index is 1.54. The number of nitrogens with one attached hydrogen (secondary N) is 2. The number of benzene rings is 2. The number of para-hydroxylation sites is 1. The topological polar surface area (TPSA) is 58.2 Å². The smallest absolute Gasteiger partial charge is 0.251 e. The molecule has 23 heavy (non-hydrogen) atoms. The highest BCUT2D eigenvalue weighted by atomic mass is 16.2. The minimum absolute atomic E-state index is 0.0320. The van der Waals surface area contributed by atoms with Gasteiger partial charge in [0.2, 0.25) is 5.91 Å². The zero-order valence-electron chi connectivity index (χ0n) is 13.1. The second kappa shape index (κ2) is 9.41. The quantitative estimate of drug-likeness (QED) is 0.732. The molecule has 0 heterocycles. The lowest BCUT2D eigenvalue weighted by molar-refractivity contribution is -0.116. The fraction of sp³-hybridized carbons (Fsp3) is 0.263. The summed E-state index contributed by atoms with van der Waals surface area (Å²) in [7, 11) is 0. The van der Waals surface area contributed by atoms with Crippen LogP contribution in [0.2, 0.25) is 0 Å². The third kappa shape index (κ3) is 6.34. The average Bonchev–Trinajstić information content (AvgIpc) is 2.59. The maximum absolute atomic E-state index is 11.8. The molecule has 0 aromatic heterocycles. The van der Waals surface area contributed by atoms with E-state index >= 15 is 0 Å². The van der Waals surface area contributed by atoms with Crippen LogP contribution in [-0.4, -0.2) is 18.4 Å². The number of hydrogen-bond donors (Lipinski definition) is 2. The molecule has 0 fully saturated rings. The predicted octanol–water partition coefficient (Wildman–Crippen LogP) is 3.62. The molecule has 2 aromatic carbocycles. The van der Waals surface area contributed by atoms with Gasteiger partial charge in [0.05, 0.1) is 0 Å². The van der Waals surface area contributed by atoms with Gasteiger partial charge in [0, 0.05) is 24.2 Å². The SMILES string of the molecule is O=C(CCCCCNC(=O)c1ccccc1)Nc1ccccc1. The van der Waals surface area contributed by atoms with Crippen molar-refractivity contribution in [2.75, 3.05) is 11.9 Å². The molecule has 0 atom stereocenters. The lowest BCUT2D eigenvalue weighted by Gasteiger charge is -2.06. The van der Waals surface area contributed by atoms with Crippen LogP contribution in [0.3, 0.4) is 0 Å². The Morgan fingerprint density at radius 2 is 1.43 bits per heavy atom. The van der Waals surface area contributed by atoms with E-state index in [0.717, 1.165) is 24.9 Å². The molecular weight excluding hydrogens is 288 g/mol. The van der Waals surface area contributed by atoms with Crippen LogP contribution in [0.1, 0.15) is 36.0 Å². The highest BCUT2D eigenvalue weighted by molar-refractivity contribution is 5.94. The van der Waals surface area contributed by atoms with Gasteiger partial charge in [-0.15, -0.1) is 0 Å². The molecule has 0 saturated heterocycles. The van der Waals surface area contributed by atoms with Crippen LogP contribution in [-0.2, 0) is 4.79 Å². The van der Waals surface area contributed by atoms with Gasteiger partial charge in [0.1, 0.15) is 0 Å². The molecule has 2 amide bonds. The van der Waals surface area contributed by atoms with Crippen molar-refractivity contribution in [3.8, 4) is 0 Å². The Kier molecular flexibility index (Phi) is 6.85. The standard InChI is InChI=1S/C19H22N2O2/c22-18(21-17-12-6-2-7-13-17)14-8-3-9-15-20-19(23)16-10-4-1-5-11-16/h1-2,4-7,10-13H,3,8-9,14-15H2,(H,20,23)(H,21,22). The third-order valence-corrected chi connectivity index (χ3v) is 3.46. The van der Waals surface area contributed by atoms with Gasteiger partial charge in [-0.2, -0.15) is 0 Å². The number of anilines is 1. The summed E-state index contributed by atoms with van der Waals surface area (Å²) in [6.07, 6.45) is 3.11. The zero-order chi connectivity index (χ0) is 16.3. The van der Waals surface area contributed by atoms with Crippen LogP contribution in [0.5, 0.6) is 0 Å². The summed E-state index contributed by atoms with van der Waals surface area (Å²) in [5, 5.41) is 5.75. The number of unbranched alkanes of at least 4 members (excludes halogenated alkanes) is 2. The Morgan fingerprint density at radius 3 is 2.13 bits per heavy atom. The molecule has 0 aliphatic carbocycles. The highest BCUT2D eigenvalue weighted by Crippen LogP contribution is 2.07. The van der Waals surface area contributed by atoms with Crippen molar-refractivity contribution in [3.05, 3.63) is 66.2 Å². The van der Waals surface area contributed by atoms with Crippen LogP contribution in [0.4, 0.5) is 5.69 Å². The van der Waals surface area contributed by atoms with Gasteiger partial charge in [-0.25, -0.2) is 0 Å². The van der Waals surface area contributed by atoms with Crippen molar-refractivity contribution in [2.24, 2.45) is 0 Å². The predicted molar refractivity (Wildman–Crippen MR) is 92.3 cm³/mol. The Labute approximate surface area is 136 Å². The van der Waals surface area contributed by atoms with Crippen molar-refractivity contribution in [1.82, 2.24) is 5.32 Å². The number of carbonyl (C=O) groups excluding carboxylic acids is 2. The molecule has 0 saturated carbocycles. The molecule has 4 nitrogen and oxygen atoms in total. The van der Waals surface area contributed by atoms with E-state index in [9.17, 15) is 9.59 Å². The molecule has 2 rings (SSSR count). The molecule has 2 aromatic rings. The monoisotopic (exact) mass is 310 g/mol. The van der Waals surface area contributed by atoms with Gasteiger partial charge in [-0.3, -0.25) is 9.59 Å². The summed E-state index contributed by atoms with van der Waals surface area (Å²) in [4.78, 5) is 23.6. The lowest BCUT2D eigenvalue weighted by atomic mass is 10.1. The van der Waals surface area contributed by atoms with Gasteiger partial charge < -0.3 is 10.6 Å². The zero-order valence-corrected chi connectivity index (χ0v) is 13.1. The molecule has 4 heteroatoms. The van der Waals surface area contributed by atoms with Gasteiger partial charge in [0.25, 0.3) is 5.91 Å². The van der Waals surface area contributed by atoms with Gasteiger partial charge in [-0.1, -0.05) is 42.8 Å². The van der Waals surface area contributed by atoms with E-state index in [4.69, 9.17) is 0 Å². The number of amides is 2. The van der Waals surface area contributed by atoms with E-state index in [1.807, 2.05) is 48.5 Å². The summed E-state index contributed by atoms with van der Waals surface area (Å²) in [6.45, 7) is 0.633. The minimum atomic E-state index is -0.0487. The number of carbonyl (C=O) groups is 2. The summed E-state index contributed by atoms with van der Waals surface area (Å²) >= 11 is 0. The van der Waals surface area contributed by atoms with Crippen LogP contribution >= 0.6 is 0 Å². The van der Waals surface area contributed by atoms with E-state index in [1.165, 1.54) is 0 Å². The normalized spacial score (nSPS) is 10.1. The van der Waals surface area contributed by atoms with Gasteiger partial charge in [-0.05, 0) is 37.1 Å². The van der Waals surface area contributed by atoms with Crippen molar-refractivity contribution in [2.45, 2.75) is 25.7 Å². The van der Waals surface area contributed by atoms with Crippen molar-refractivity contribution in [1.29, 1.82) is 0 Å². The van der Waals surface area contributed by atoms with Crippen LogP contribution in [0, 0.1) is 0 Å². The molecular formula is C19H22N2O2. The fourth-order valence-corrected chi connectivity index (χ4v) is 2.23. The molecule has 120 valence electrons. The van der Waals surface area contributed by atoms with Crippen molar-refractivity contribution < 1.29 is 9.59 Å². The minimum Gasteiger partial charge on any atom is -0.352 e. The van der Waals surface area contributed by atoms with E-state index in [1.54, 1.807) is 12.1 Å². The second-order valence-corrected chi connectivity index (χ2v) is 5.35. The lowest BCUT2D eigenvalue weighted by Crippen LogP contribution is -2.24. The van der Waals surface area contributed by atoms with E-state index in [2.05, 4.69) is 10.6 Å². The van der Waals surface area contributed by atoms with Gasteiger partial charge in [0.15, 0.2) is 0 Å². The van der Waals surface area contributed by atoms with Crippen molar-refractivity contribution in [3.63, 3.8) is 0 Å². The average molecular weight is 310 g/mol. The summed E-state index contributed by atoms with van der Waals surface area (Å²) < 4.78 is 0. The third-order valence-electron chi connectivity index (χ3n) is 3.46. The maximum Gasteiger partial charge on any atom is 0.251 e. The van der Waals surface area contributed by atoms with E-state index in [-0.39, 0.29) is 11.8 Å². The van der Waals surface area contributed by atoms with E-state index < -0.39 is 0 Å². The van der Waals surface area contributed by atoms with Crippen LogP contribution in [0.25, 0.3) is 0 Å². The first-order valence-electron chi connectivity index (χ1n) is 7.94. The van der Waals surface area contributed by atoms with Crippen LogP contribution < -0.4 is 10.6 Å². The van der Waals surface area contributed by atoms with Crippen LogP contribution in [0.15, 0.2) is 60.7 Å². The van der Waals surface area contributed by atoms with Crippen molar-refractivity contribution >= 4 is 17.5 Å². The summed E-state index contributed by atoms with van der Waals surface area (Å²) in [5.74, 6) is -0.0167. The molecule has 0 spiro atoms. The molecule has 0 aliphatic rings.